The van der Waals surface area contributed by atoms with Crippen LogP contribution in [0.3, 0.4) is 0 Å². The Labute approximate surface area is 150 Å². The van der Waals surface area contributed by atoms with Crippen LogP contribution in [-0.2, 0) is 12.3 Å². The average Bonchev–Trinajstić information content (AvgIpc) is 3.17. The van der Waals surface area contributed by atoms with Gasteiger partial charge in [0, 0.05) is 23.4 Å². The fourth-order valence-electron chi connectivity index (χ4n) is 2.49. The molecule has 3 rings (SSSR count). The van der Waals surface area contributed by atoms with E-state index in [4.69, 9.17) is 9.26 Å². The molecule has 1 aromatic carbocycles. The first kappa shape index (κ1) is 17.3. The van der Waals surface area contributed by atoms with Crippen molar-refractivity contribution in [2.24, 2.45) is 0 Å². The molecule has 0 fully saturated rings. The molecule has 25 heavy (non-hydrogen) atoms. The molecular weight excluding hydrogens is 336 g/mol. The van der Waals surface area contributed by atoms with E-state index in [-0.39, 0.29) is 0 Å². The predicted octanol–water partition coefficient (Wildman–Crippen LogP) is 4.04. The number of ether oxygens (including phenoxy) is 1. The number of allylic oxidation sites excluding steroid dienone is 1. The van der Waals surface area contributed by atoms with E-state index in [1.54, 1.807) is 18.9 Å². The van der Waals surface area contributed by atoms with Crippen LogP contribution in [0.5, 0.6) is 5.75 Å². The van der Waals surface area contributed by atoms with Gasteiger partial charge in [0.2, 0.25) is 0 Å². The van der Waals surface area contributed by atoms with E-state index in [2.05, 4.69) is 26.5 Å². The Kier molecular flexibility index (Phi) is 5.23. The van der Waals surface area contributed by atoms with Crippen molar-refractivity contribution >= 4 is 11.8 Å². The molecule has 0 saturated carbocycles. The summed E-state index contributed by atoms with van der Waals surface area (Å²) in [7, 11) is 1.65. The summed E-state index contributed by atoms with van der Waals surface area (Å²) in [6, 6.07) is 7.79. The molecule has 0 aliphatic heterocycles. The molecule has 0 N–H and O–H groups in total. The Morgan fingerprint density at radius 2 is 2.00 bits per heavy atom. The minimum atomic E-state index is 0.637. The van der Waals surface area contributed by atoms with Crippen LogP contribution in [0.1, 0.15) is 17.0 Å². The summed E-state index contributed by atoms with van der Waals surface area (Å²) >= 11 is 1.61. The van der Waals surface area contributed by atoms with Crippen LogP contribution >= 0.6 is 11.8 Å². The lowest BCUT2D eigenvalue weighted by molar-refractivity contribution is 0.392. The summed E-state index contributed by atoms with van der Waals surface area (Å²) in [6.07, 6.45) is 1.84. The van der Waals surface area contributed by atoms with Gasteiger partial charge in [0.05, 0.1) is 12.8 Å². The highest BCUT2D eigenvalue weighted by molar-refractivity contribution is 7.98. The Morgan fingerprint density at radius 1 is 1.24 bits per heavy atom. The van der Waals surface area contributed by atoms with E-state index in [1.807, 2.05) is 44.2 Å². The first-order valence-corrected chi connectivity index (χ1v) is 8.85. The summed E-state index contributed by atoms with van der Waals surface area (Å²) in [5.41, 5.74) is 3.00. The monoisotopic (exact) mass is 356 g/mol. The Bertz CT molecular complexity index is 848. The molecule has 130 valence electrons. The van der Waals surface area contributed by atoms with Crippen molar-refractivity contribution in [1.29, 1.82) is 0 Å². The second-order valence-electron chi connectivity index (χ2n) is 5.53. The SMILES string of the molecule is C=CCn1c(SCc2c(C)noc2C)nnc1-c1ccc(OC)cc1. The molecule has 3 aromatic rings. The number of aryl methyl sites for hydroxylation is 2. The van der Waals surface area contributed by atoms with Crippen LogP contribution in [0.25, 0.3) is 11.4 Å². The molecule has 0 atom stereocenters. The molecular formula is C18H20N4O2S. The summed E-state index contributed by atoms with van der Waals surface area (Å²) < 4.78 is 12.5. The third-order valence-corrected chi connectivity index (χ3v) is 4.90. The molecule has 0 unspecified atom stereocenters. The number of nitrogens with zero attached hydrogens (tertiary/aromatic N) is 4. The van der Waals surface area contributed by atoms with Crippen LogP contribution < -0.4 is 4.74 Å². The molecule has 0 aliphatic carbocycles. The topological polar surface area (TPSA) is 66.0 Å². The smallest absolute Gasteiger partial charge is 0.192 e. The van der Waals surface area contributed by atoms with E-state index < -0.39 is 0 Å². The third-order valence-electron chi connectivity index (χ3n) is 3.90. The van der Waals surface area contributed by atoms with Crippen LogP contribution in [0.4, 0.5) is 0 Å². The standard InChI is InChI=1S/C18H20N4O2S/c1-5-10-22-17(14-6-8-15(23-4)9-7-14)19-20-18(22)25-11-16-12(2)21-24-13(16)3/h5-9H,1,10-11H2,2-4H3. The van der Waals surface area contributed by atoms with Gasteiger partial charge in [0.25, 0.3) is 0 Å². The first-order valence-electron chi connectivity index (χ1n) is 7.87. The van der Waals surface area contributed by atoms with Gasteiger partial charge in [-0.3, -0.25) is 4.57 Å². The predicted molar refractivity (Wildman–Crippen MR) is 97.7 cm³/mol. The van der Waals surface area contributed by atoms with Gasteiger partial charge < -0.3 is 9.26 Å². The quantitative estimate of drug-likeness (QED) is 0.470. The molecule has 0 bridgehead atoms. The van der Waals surface area contributed by atoms with Gasteiger partial charge in [0.15, 0.2) is 11.0 Å². The number of benzene rings is 1. The molecule has 0 amide bonds. The summed E-state index contributed by atoms with van der Waals surface area (Å²) in [5.74, 6) is 3.20. The Morgan fingerprint density at radius 3 is 2.60 bits per heavy atom. The third kappa shape index (κ3) is 3.61. The largest absolute Gasteiger partial charge is 0.497 e. The zero-order valence-corrected chi connectivity index (χ0v) is 15.3. The van der Waals surface area contributed by atoms with Crippen LogP contribution in [0, 0.1) is 13.8 Å². The number of thioether (sulfide) groups is 1. The van der Waals surface area contributed by atoms with Crippen molar-refractivity contribution in [2.45, 2.75) is 31.3 Å². The van der Waals surface area contributed by atoms with Gasteiger partial charge in [-0.05, 0) is 38.1 Å². The number of hydrogen-bond acceptors (Lipinski definition) is 6. The summed E-state index contributed by atoms with van der Waals surface area (Å²) in [6.45, 7) is 8.36. The van der Waals surface area contributed by atoms with E-state index in [0.29, 0.717) is 6.54 Å². The number of rotatable bonds is 7. The number of aromatic nitrogens is 4. The number of methoxy groups -OCH3 is 1. The van der Waals surface area contributed by atoms with Gasteiger partial charge in [-0.15, -0.1) is 16.8 Å². The minimum Gasteiger partial charge on any atom is -0.497 e. The average molecular weight is 356 g/mol. The van der Waals surface area contributed by atoms with Crippen LogP contribution in [-0.4, -0.2) is 27.0 Å². The Hall–Kier alpha value is -2.54. The molecule has 0 aliphatic rings. The second kappa shape index (κ2) is 7.57. The minimum absolute atomic E-state index is 0.637. The van der Waals surface area contributed by atoms with Crippen molar-refractivity contribution in [2.75, 3.05) is 7.11 Å². The molecule has 0 radical (unpaired) electrons. The van der Waals surface area contributed by atoms with Gasteiger partial charge in [-0.1, -0.05) is 23.0 Å². The molecule has 7 heteroatoms. The fraction of sp³-hybridized carbons (Fsp3) is 0.278. The van der Waals surface area contributed by atoms with Gasteiger partial charge in [0.1, 0.15) is 11.5 Å². The number of hydrogen-bond donors (Lipinski definition) is 0. The maximum absolute atomic E-state index is 5.22. The van der Waals surface area contributed by atoms with Crippen molar-refractivity contribution < 1.29 is 9.26 Å². The maximum atomic E-state index is 5.22. The first-order chi connectivity index (χ1) is 12.1. The van der Waals surface area contributed by atoms with Crippen molar-refractivity contribution in [3.05, 3.63) is 53.9 Å². The Balaban J connectivity index is 1.87. The lowest BCUT2D eigenvalue weighted by Crippen LogP contribution is -2.01. The van der Waals surface area contributed by atoms with Gasteiger partial charge >= 0.3 is 0 Å². The van der Waals surface area contributed by atoms with E-state index in [9.17, 15) is 0 Å². The van der Waals surface area contributed by atoms with Crippen LogP contribution in [0.2, 0.25) is 0 Å². The fourth-order valence-corrected chi connectivity index (χ4v) is 3.59. The van der Waals surface area contributed by atoms with Gasteiger partial charge in [-0.25, -0.2) is 0 Å². The molecule has 6 nitrogen and oxygen atoms in total. The van der Waals surface area contributed by atoms with Crippen molar-refractivity contribution in [1.82, 2.24) is 19.9 Å². The van der Waals surface area contributed by atoms with Crippen molar-refractivity contribution in [3.63, 3.8) is 0 Å². The van der Waals surface area contributed by atoms with E-state index in [1.165, 1.54) is 0 Å². The zero-order chi connectivity index (χ0) is 17.8. The normalized spacial score (nSPS) is 10.8. The van der Waals surface area contributed by atoms with Gasteiger partial charge in [-0.2, -0.15) is 0 Å². The van der Waals surface area contributed by atoms with E-state index >= 15 is 0 Å². The molecule has 0 saturated heterocycles. The maximum Gasteiger partial charge on any atom is 0.192 e. The zero-order valence-electron chi connectivity index (χ0n) is 14.5. The highest BCUT2D eigenvalue weighted by atomic mass is 32.2. The molecule has 2 heterocycles. The van der Waals surface area contributed by atoms with Crippen LogP contribution in [0.15, 0.2) is 46.6 Å². The highest BCUT2D eigenvalue weighted by Crippen LogP contribution is 2.29. The molecule has 2 aromatic heterocycles. The van der Waals surface area contributed by atoms with Crippen molar-refractivity contribution in [3.8, 4) is 17.1 Å². The lowest BCUT2D eigenvalue weighted by Gasteiger charge is -2.08. The second-order valence-corrected chi connectivity index (χ2v) is 6.47. The summed E-state index contributed by atoms with van der Waals surface area (Å²) in [4.78, 5) is 0. The lowest BCUT2D eigenvalue weighted by atomic mass is 10.2. The van der Waals surface area contributed by atoms with E-state index in [0.717, 1.165) is 45.1 Å². The molecule has 0 spiro atoms. The summed E-state index contributed by atoms with van der Waals surface area (Å²) in [5, 5.41) is 13.6. The highest BCUT2D eigenvalue weighted by Gasteiger charge is 2.16.